The van der Waals surface area contributed by atoms with Crippen molar-refractivity contribution in [3.05, 3.63) is 24.3 Å². The number of aliphatic hydroxyl groups is 2. The molecule has 6 nitrogen and oxygen atoms in total. The molecular weight excluding hydrogens is 1050 g/mol. The molecule has 6 heteroatoms. The molecule has 0 aromatic carbocycles. The molecule has 86 heavy (non-hydrogen) atoms. The van der Waals surface area contributed by atoms with Crippen LogP contribution in [0.15, 0.2) is 24.3 Å². The minimum absolute atomic E-state index is 0.0199. The van der Waals surface area contributed by atoms with Crippen molar-refractivity contribution in [3.63, 3.8) is 0 Å². The van der Waals surface area contributed by atoms with Gasteiger partial charge < -0.3 is 20.3 Å². The Bertz CT molecular complexity index is 1350. The molecule has 510 valence electrons. The third kappa shape index (κ3) is 71.4. The number of carbonyl (C=O) groups is 2. The maximum Gasteiger partial charge on any atom is 0.305 e. The molecule has 0 aromatic heterocycles. The normalized spacial score (nSPS) is 12.6. The van der Waals surface area contributed by atoms with E-state index in [0.717, 1.165) is 38.5 Å². The van der Waals surface area contributed by atoms with E-state index in [1.54, 1.807) is 6.08 Å². The number of aliphatic hydroxyl groups excluding tert-OH is 2. The van der Waals surface area contributed by atoms with Crippen LogP contribution in [0.2, 0.25) is 0 Å². The summed E-state index contributed by atoms with van der Waals surface area (Å²) in [7, 11) is 0. The minimum atomic E-state index is -0.847. The summed E-state index contributed by atoms with van der Waals surface area (Å²) in [6.45, 7) is 4.96. The second-order valence-electron chi connectivity index (χ2n) is 27.4. The van der Waals surface area contributed by atoms with Gasteiger partial charge in [-0.25, -0.2) is 0 Å². The standard InChI is InChI=1S/C80H155NO5/c1-3-5-7-9-11-13-15-17-19-21-23-24-25-30-33-37-40-44-48-52-56-60-64-68-72-78(83)77(76-82)81-79(84)73-69-65-61-57-53-49-45-41-38-34-31-28-26-27-29-32-35-39-43-47-51-55-59-63-67-71-75-86-80(85)74-70-66-62-58-54-50-46-42-36-22-20-18-16-14-12-10-8-6-4-2/h26,28,68,72,77-78,82-83H,3-25,27,29-67,69-71,73-76H2,1-2H3,(H,81,84)/b28-26-,72-68+. The van der Waals surface area contributed by atoms with Crippen LogP contribution in [0.5, 0.6) is 0 Å². The van der Waals surface area contributed by atoms with E-state index in [4.69, 9.17) is 4.74 Å². The number of carbonyl (C=O) groups excluding carboxylic acids is 2. The second-order valence-corrected chi connectivity index (χ2v) is 27.4. The van der Waals surface area contributed by atoms with Crippen LogP contribution >= 0.6 is 0 Å². The number of hydrogen-bond acceptors (Lipinski definition) is 5. The van der Waals surface area contributed by atoms with Crippen LogP contribution in [0.25, 0.3) is 0 Å². The van der Waals surface area contributed by atoms with Gasteiger partial charge in [-0.15, -0.1) is 0 Å². The van der Waals surface area contributed by atoms with Crippen LogP contribution in [0.4, 0.5) is 0 Å². The zero-order chi connectivity index (χ0) is 62.0. The predicted molar refractivity (Wildman–Crippen MR) is 380 cm³/mol. The fourth-order valence-electron chi connectivity index (χ4n) is 12.7. The van der Waals surface area contributed by atoms with Crippen molar-refractivity contribution in [2.75, 3.05) is 13.2 Å². The number of rotatable bonds is 75. The highest BCUT2D eigenvalue weighted by Gasteiger charge is 2.18. The number of amides is 1. The molecule has 0 saturated carbocycles. The van der Waals surface area contributed by atoms with E-state index in [2.05, 4.69) is 31.3 Å². The summed E-state index contributed by atoms with van der Waals surface area (Å²) in [6, 6.07) is -0.631. The molecule has 0 spiro atoms. The van der Waals surface area contributed by atoms with Crippen molar-refractivity contribution in [1.29, 1.82) is 0 Å². The third-order valence-corrected chi connectivity index (χ3v) is 18.7. The third-order valence-electron chi connectivity index (χ3n) is 18.7. The van der Waals surface area contributed by atoms with E-state index >= 15 is 0 Å². The van der Waals surface area contributed by atoms with E-state index < -0.39 is 12.1 Å². The van der Waals surface area contributed by atoms with Crippen molar-refractivity contribution < 1.29 is 24.5 Å². The highest BCUT2D eigenvalue weighted by Crippen LogP contribution is 2.20. The molecule has 3 N–H and O–H groups in total. The Morgan fingerprint density at radius 2 is 0.547 bits per heavy atom. The molecule has 0 bridgehead atoms. The molecule has 0 fully saturated rings. The Kier molecular flexibility index (Phi) is 74.3. The van der Waals surface area contributed by atoms with Crippen molar-refractivity contribution in [2.45, 2.75) is 463 Å². The Labute approximate surface area is 539 Å². The Hall–Kier alpha value is -1.66. The minimum Gasteiger partial charge on any atom is -0.466 e. The SMILES string of the molecule is CCCCCCCCCCCCCCCCCCCCCCCC/C=C/C(O)C(CO)NC(=O)CCCCCCCCCCCC/C=C\CCCCCCCCCCCCCCOC(=O)CCCCCCCCCCCCCCCCCCCCC. The highest BCUT2D eigenvalue weighted by molar-refractivity contribution is 5.76. The van der Waals surface area contributed by atoms with Gasteiger partial charge in [0, 0.05) is 12.8 Å². The lowest BCUT2D eigenvalue weighted by molar-refractivity contribution is -0.143. The summed E-state index contributed by atoms with van der Waals surface area (Å²) >= 11 is 0. The Morgan fingerprint density at radius 1 is 0.314 bits per heavy atom. The average Bonchev–Trinajstić information content (AvgIpc) is 3.53. The molecule has 0 radical (unpaired) electrons. The van der Waals surface area contributed by atoms with Gasteiger partial charge in [-0.3, -0.25) is 9.59 Å². The number of allylic oxidation sites excluding steroid dienone is 3. The fourth-order valence-corrected chi connectivity index (χ4v) is 12.7. The van der Waals surface area contributed by atoms with Crippen molar-refractivity contribution in [2.24, 2.45) is 0 Å². The van der Waals surface area contributed by atoms with Gasteiger partial charge in [0.2, 0.25) is 5.91 Å². The van der Waals surface area contributed by atoms with E-state index in [9.17, 15) is 19.8 Å². The van der Waals surface area contributed by atoms with Gasteiger partial charge in [0.25, 0.3) is 0 Å². The number of esters is 1. The van der Waals surface area contributed by atoms with E-state index in [1.807, 2.05) is 6.08 Å². The van der Waals surface area contributed by atoms with Gasteiger partial charge in [0.05, 0.1) is 25.4 Å². The van der Waals surface area contributed by atoms with Crippen LogP contribution in [0.1, 0.15) is 450 Å². The van der Waals surface area contributed by atoms with Crippen molar-refractivity contribution in [3.8, 4) is 0 Å². The molecule has 2 unspecified atom stereocenters. The lowest BCUT2D eigenvalue weighted by Gasteiger charge is -2.20. The number of unbranched alkanes of at least 4 members (excludes halogenated alkanes) is 62. The maximum absolute atomic E-state index is 12.6. The molecule has 1 amide bonds. The molecule has 2 atom stereocenters. The lowest BCUT2D eigenvalue weighted by Crippen LogP contribution is -2.45. The molecule has 0 aliphatic carbocycles. The van der Waals surface area contributed by atoms with Gasteiger partial charge in [-0.1, -0.05) is 404 Å². The second kappa shape index (κ2) is 75.8. The lowest BCUT2D eigenvalue weighted by atomic mass is 10.0. The molecule has 0 aromatic rings. The zero-order valence-electron chi connectivity index (χ0n) is 58.6. The Balaban J connectivity index is 3.39. The monoisotopic (exact) mass is 1210 g/mol. The first-order valence-corrected chi connectivity index (χ1v) is 39.6. The number of hydrogen-bond donors (Lipinski definition) is 3. The molecule has 0 aliphatic heterocycles. The quantitative estimate of drug-likeness (QED) is 0.0320. The highest BCUT2D eigenvalue weighted by atomic mass is 16.5. The first-order valence-electron chi connectivity index (χ1n) is 39.6. The average molecular weight is 1210 g/mol. The van der Waals surface area contributed by atoms with Gasteiger partial charge in [0.15, 0.2) is 0 Å². The molecule has 0 heterocycles. The van der Waals surface area contributed by atoms with Gasteiger partial charge >= 0.3 is 5.97 Å². The first-order chi connectivity index (χ1) is 42.5. The van der Waals surface area contributed by atoms with Crippen molar-refractivity contribution >= 4 is 11.9 Å². The van der Waals surface area contributed by atoms with Crippen LogP contribution in [0, 0.1) is 0 Å². The van der Waals surface area contributed by atoms with Crippen LogP contribution in [-0.4, -0.2) is 47.4 Å². The van der Waals surface area contributed by atoms with E-state index in [-0.39, 0.29) is 18.5 Å². The van der Waals surface area contributed by atoms with Crippen molar-refractivity contribution in [1.82, 2.24) is 5.32 Å². The van der Waals surface area contributed by atoms with Crippen LogP contribution in [0.3, 0.4) is 0 Å². The molecule has 0 saturated heterocycles. The first kappa shape index (κ1) is 84.3. The summed E-state index contributed by atoms with van der Waals surface area (Å²) in [5, 5.41) is 23.3. The topological polar surface area (TPSA) is 95.9 Å². The number of nitrogens with one attached hydrogen (secondary N) is 1. The number of ether oxygens (including phenoxy) is 1. The molecule has 0 aliphatic rings. The van der Waals surface area contributed by atoms with Gasteiger partial charge in [0.1, 0.15) is 0 Å². The van der Waals surface area contributed by atoms with E-state index in [1.165, 1.54) is 385 Å². The fraction of sp³-hybridized carbons (Fsp3) is 0.925. The van der Waals surface area contributed by atoms with Crippen LogP contribution < -0.4 is 5.32 Å². The summed E-state index contributed by atoms with van der Waals surface area (Å²) in [5.74, 6) is -0.0447. The maximum atomic E-state index is 12.6. The largest absolute Gasteiger partial charge is 0.466 e. The predicted octanol–water partition coefficient (Wildman–Crippen LogP) is 26.0. The van der Waals surface area contributed by atoms with Crippen LogP contribution in [-0.2, 0) is 14.3 Å². The summed E-state index contributed by atoms with van der Waals surface area (Å²) in [5.41, 5.74) is 0. The van der Waals surface area contributed by atoms with Gasteiger partial charge in [-0.2, -0.15) is 0 Å². The van der Waals surface area contributed by atoms with Gasteiger partial charge in [-0.05, 0) is 57.8 Å². The molecular formula is C80H155NO5. The Morgan fingerprint density at radius 3 is 0.826 bits per heavy atom. The molecule has 0 rings (SSSR count). The summed E-state index contributed by atoms with van der Waals surface area (Å²) < 4.78 is 5.52. The van der Waals surface area contributed by atoms with E-state index in [0.29, 0.717) is 19.4 Å². The summed E-state index contributed by atoms with van der Waals surface area (Å²) in [6.07, 6.45) is 97.2. The smallest absolute Gasteiger partial charge is 0.305 e. The zero-order valence-corrected chi connectivity index (χ0v) is 58.6. The summed E-state index contributed by atoms with van der Waals surface area (Å²) in [4.78, 5) is 24.7.